The molecule has 2 saturated heterocycles. The summed E-state index contributed by atoms with van der Waals surface area (Å²) in [6.07, 6.45) is 11.3. The molecular weight excluding hydrogens is 504 g/mol. The van der Waals surface area contributed by atoms with Gasteiger partial charge in [0.1, 0.15) is 5.82 Å². The molecule has 2 aliphatic heterocycles. The number of hydrogen-bond donors (Lipinski definition) is 1. The molecule has 2 saturated carbocycles. The second kappa shape index (κ2) is 11.1. The Kier molecular flexibility index (Phi) is 7.99. The van der Waals surface area contributed by atoms with Gasteiger partial charge in [-0.3, -0.25) is 9.36 Å². The van der Waals surface area contributed by atoms with Crippen LogP contribution in [0.15, 0.2) is 4.79 Å². The molecule has 8 atom stereocenters. The second-order valence-electron chi connectivity index (χ2n) is 12.5. The van der Waals surface area contributed by atoms with Gasteiger partial charge in [-0.1, -0.05) is 0 Å². The summed E-state index contributed by atoms with van der Waals surface area (Å²) < 4.78 is 8.54. The highest BCUT2D eigenvalue weighted by Crippen LogP contribution is 2.46. The summed E-state index contributed by atoms with van der Waals surface area (Å²) in [5, 5.41) is 4.80. The topological polar surface area (TPSA) is 59.4 Å². The summed E-state index contributed by atoms with van der Waals surface area (Å²) in [4.78, 5) is 21.0. The highest BCUT2D eigenvalue weighted by atomic mass is 35.5. The Morgan fingerprint density at radius 3 is 2.78 bits per heavy atom. The summed E-state index contributed by atoms with van der Waals surface area (Å²) in [6, 6.07) is 2.39. The molecule has 0 amide bonds. The van der Waals surface area contributed by atoms with Gasteiger partial charge in [0.25, 0.3) is 5.56 Å². The highest BCUT2D eigenvalue weighted by molar-refractivity contribution is 8.00. The number of fused-ring (bicyclic) bond motifs is 2. The number of halogens is 1. The Balaban J connectivity index is 1.13. The van der Waals surface area contributed by atoms with Gasteiger partial charge in [0.15, 0.2) is 0 Å². The zero-order chi connectivity index (χ0) is 25.7. The highest BCUT2D eigenvalue weighted by Gasteiger charge is 2.46. The number of likely N-dealkylation sites (N-methyl/N-ethyl adjacent to an activating group) is 1. The average Bonchev–Trinajstić information content (AvgIpc) is 3.63. The van der Waals surface area contributed by atoms with Crippen molar-refractivity contribution in [3.8, 4) is 0 Å². The van der Waals surface area contributed by atoms with Crippen molar-refractivity contribution in [2.24, 2.45) is 11.8 Å². The van der Waals surface area contributed by atoms with Gasteiger partial charge in [-0.05, 0) is 103 Å². The number of alkyl halides is 1. The van der Waals surface area contributed by atoms with Gasteiger partial charge < -0.3 is 15.0 Å². The minimum absolute atomic E-state index is 0.165. The van der Waals surface area contributed by atoms with Gasteiger partial charge in [-0.25, -0.2) is 4.98 Å². The van der Waals surface area contributed by atoms with E-state index in [4.69, 9.17) is 21.3 Å². The van der Waals surface area contributed by atoms with Gasteiger partial charge in [0.2, 0.25) is 0 Å². The minimum atomic E-state index is 0.165. The normalized spacial score (nSPS) is 38.0. The maximum Gasteiger partial charge on any atom is 0.257 e. The monoisotopic (exact) mass is 548 g/mol. The van der Waals surface area contributed by atoms with Crippen molar-refractivity contribution in [1.82, 2.24) is 19.8 Å². The van der Waals surface area contributed by atoms with E-state index < -0.39 is 0 Å². The molecule has 8 heteroatoms. The third-order valence-electron chi connectivity index (χ3n) is 10.0. The molecule has 0 bridgehead atoms. The Bertz CT molecular complexity index is 1030. The lowest BCUT2D eigenvalue weighted by Crippen LogP contribution is -2.54. The van der Waals surface area contributed by atoms with E-state index in [2.05, 4.69) is 35.9 Å². The van der Waals surface area contributed by atoms with E-state index in [0.29, 0.717) is 48.4 Å². The number of aryl methyl sites for hydroxylation is 2. The van der Waals surface area contributed by atoms with E-state index in [1.54, 1.807) is 0 Å². The molecule has 1 aromatic rings. The Labute approximate surface area is 231 Å². The van der Waals surface area contributed by atoms with E-state index in [1.165, 1.54) is 31.4 Å². The van der Waals surface area contributed by atoms with Crippen molar-refractivity contribution < 1.29 is 4.74 Å². The summed E-state index contributed by atoms with van der Waals surface area (Å²) in [7, 11) is 2.24. The van der Waals surface area contributed by atoms with Crippen LogP contribution in [0.25, 0.3) is 0 Å². The van der Waals surface area contributed by atoms with E-state index in [9.17, 15) is 4.79 Å². The molecule has 5 aliphatic rings. The number of piperidine rings is 1. The van der Waals surface area contributed by atoms with E-state index >= 15 is 0 Å². The first-order valence-electron chi connectivity index (χ1n) is 14.8. The van der Waals surface area contributed by atoms with Crippen LogP contribution in [0.4, 0.5) is 0 Å². The van der Waals surface area contributed by atoms with Crippen LogP contribution in [0.2, 0.25) is 0 Å². The first-order valence-corrected chi connectivity index (χ1v) is 16.3. The Morgan fingerprint density at radius 1 is 1.14 bits per heavy atom. The maximum absolute atomic E-state index is 13.6. The summed E-state index contributed by atoms with van der Waals surface area (Å²) in [5.41, 5.74) is 2.14. The molecule has 3 aliphatic carbocycles. The number of ether oxygens (including phenoxy) is 1. The van der Waals surface area contributed by atoms with Crippen LogP contribution < -0.4 is 10.9 Å². The molecule has 7 unspecified atom stereocenters. The van der Waals surface area contributed by atoms with Gasteiger partial charge in [0.05, 0.1) is 24.9 Å². The zero-order valence-corrected chi connectivity index (χ0v) is 24.4. The third kappa shape index (κ3) is 5.54. The van der Waals surface area contributed by atoms with Crippen molar-refractivity contribution >= 4 is 23.4 Å². The summed E-state index contributed by atoms with van der Waals surface area (Å²) in [6.45, 7) is 5.49. The lowest BCUT2D eigenvalue weighted by molar-refractivity contribution is -0.0407. The van der Waals surface area contributed by atoms with Crippen LogP contribution in [0, 0.1) is 18.8 Å². The molecule has 0 aromatic carbocycles. The fourth-order valence-corrected chi connectivity index (χ4v) is 9.88. The van der Waals surface area contributed by atoms with Crippen molar-refractivity contribution in [3.63, 3.8) is 0 Å². The minimum Gasteiger partial charge on any atom is -0.376 e. The van der Waals surface area contributed by atoms with Crippen LogP contribution in [0.1, 0.15) is 75.4 Å². The van der Waals surface area contributed by atoms with Gasteiger partial charge in [-0.15, -0.1) is 11.6 Å². The molecule has 0 radical (unpaired) electrons. The third-order valence-corrected chi connectivity index (χ3v) is 12.0. The SMILES string of the molecule is Cc1nc2c(c(=O)n1CCOC1CCC(Cl)CC1C1CC(C)NC3CCSC31)C[C@@H](N(C)C1CC1)CC2. The molecule has 206 valence electrons. The first kappa shape index (κ1) is 26.6. The number of rotatable bonds is 7. The van der Waals surface area contributed by atoms with Crippen molar-refractivity contribution in [1.29, 1.82) is 0 Å². The van der Waals surface area contributed by atoms with Crippen molar-refractivity contribution in [2.45, 2.75) is 125 Å². The van der Waals surface area contributed by atoms with Crippen LogP contribution >= 0.6 is 23.4 Å². The molecule has 6 rings (SSSR count). The van der Waals surface area contributed by atoms with Gasteiger partial charge in [0, 0.05) is 40.4 Å². The smallest absolute Gasteiger partial charge is 0.257 e. The molecule has 3 heterocycles. The van der Waals surface area contributed by atoms with Gasteiger partial charge >= 0.3 is 0 Å². The van der Waals surface area contributed by atoms with Crippen molar-refractivity contribution in [3.05, 3.63) is 27.4 Å². The van der Waals surface area contributed by atoms with Gasteiger partial charge in [-0.2, -0.15) is 11.8 Å². The first-order chi connectivity index (χ1) is 17.9. The van der Waals surface area contributed by atoms with Crippen LogP contribution in [-0.2, 0) is 24.1 Å². The molecule has 1 N–H and O–H groups in total. The van der Waals surface area contributed by atoms with Crippen LogP contribution in [0.5, 0.6) is 0 Å². The molecule has 37 heavy (non-hydrogen) atoms. The number of aromatic nitrogens is 2. The molecule has 6 nitrogen and oxygen atoms in total. The van der Waals surface area contributed by atoms with Crippen molar-refractivity contribution in [2.75, 3.05) is 19.4 Å². The fourth-order valence-electron chi connectivity index (χ4n) is 7.88. The molecular formula is C29H45ClN4O2S. The Hall–Kier alpha value is -0.600. The fraction of sp³-hybridized carbons (Fsp3) is 0.862. The number of hydrogen-bond acceptors (Lipinski definition) is 6. The van der Waals surface area contributed by atoms with E-state index in [0.717, 1.165) is 61.6 Å². The number of thioether (sulfide) groups is 1. The summed E-state index contributed by atoms with van der Waals surface area (Å²) in [5.74, 6) is 3.27. The lowest BCUT2D eigenvalue weighted by atomic mass is 9.71. The van der Waals surface area contributed by atoms with Crippen LogP contribution in [0.3, 0.4) is 0 Å². The second-order valence-corrected chi connectivity index (χ2v) is 14.4. The lowest BCUT2D eigenvalue weighted by Gasteiger charge is -2.46. The quantitative estimate of drug-likeness (QED) is 0.516. The number of nitrogens with zero attached hydrogens (tertiary/aromatic N) is 3. The molecule has 1 aromatic heterocycles. The van der Waals surface area contributed by atoms with E-state index in [-0.39, 0.29) is 17.0 Å². The Morgan fingerprint density at radius 2 is 1.97 bits per heavy atom. The number of nitrogens with one attached hydrogen (secondary N) is 1. The average molecular weight is 549 g/mol. The van der Waals surface area contributed by atoms with Crippen LogP contribution in [-0.4, -0.2) is 74.8 Å². The summed E-state index contributed by atoms with van der Waals surface area (Å²) >= 11 is 8.90. The molecule has 0 spiro atoms. The standard InChI is InChI=1S/C29H45ClN4O2S/c1-17-14-23(28-26(31-17)10-13-37-28)22-15-19(30)4-9-27(22)36-12-11-34-18(2)32-25-8-7-21(16-24(25)29(34)35)33(3)20-5-6-20/h17,19-23,26-28,31H,4-16H2,1-3H3/t17?,19?,21-,22?,23?,26?,27?,28?/m0/s1. The maximum atomic E-state index is 13.6. The van der Waals surface area contributed by atoms with E-state index in [1.807, 2.05) is 11.5 Å². The zero-order valence-electron chi connectivity index (χ0n) is 22.8. The predicted octanol–water partition coefficient (Wildman–Crippen LogP) is 4.17. The largest absolute Gasteiger partial charge is 0.376 e. The molecule has 4 fully saturated rings. The predicted molar refractivity (Wildman–Crippen MR) is 152 cm³/mol.